The van der Waals surface area contributed by atoms with Gasteiger partial charge in [0, 0.05) is 5.70 Å². The van der Waals surface area contributed by atoms with Gasteiger partial charge in [0.25, 0.3) is 0 Å². The van der Waals surface area contributed by atoms with Crippen LogP contribution in [0.1, 0.15) is 38.9 Å². The fourth-order valence-electron chi connectivity index (χ4n) is 6.63. The van der Waals surface area contributed by atoms with E-state index in [0.717, 1.165) is 28.8 Å². The van der Waals surface area contributed by atoms with E-state index in [-0.39, 0.29) is 0 Å². The molecule has 0 spiro atoms. The Morgan fingerprint density at radius 2 is 1.02 bits per heavy atom. The molecule has 206 valence electrons. The van der Waals surface area contributed by atoms with Crippen molar-refractivity contribution in [1.29, 1.82) is 0 Å². The number of allylic oxidation sites excluding steroid dienone is 3. The highest BCUT2D eigenvalue weighted by molar-refractivity contribution is 5.88. The predicted molar refractivity (Wildman–Crippen MR) is 180 cm³/mol. The molecule has 0 saturated heterocycles. The van der Waals surface area contributed by atoms with Crippen molar-refractivity contribution in [2.45, 2.75) is 11.8 Å². The first-order chi connectivity index (χ1) is 21.2. The van der Waals surface area contributed by atoms with Crippen molar-refractivity contribution in [2.75, 3.05) is 0 Å². The second-order valence-electron chi connectivity index (χ2n) is 11.1. The van der Waals surface area contributed by atoms with E-state index in [1.165, 1.54) is 38.9 Å². The molecule has 0 saturated carbocycles. The van der Waals surface area contributed by atoms with E-state index in [2.05, 4.69) is 158 Å². The third kappa shape index (κ3) is 4.79. The lowest BCUT2D eigenvalue weighted by atomic mass is 9.67. The summed E-state index contributed by atoms with van der Waals surface area (Å²) < 4.78 is 0. The van der Waals surface area contributed by atoms with Gasteiger partial charge in [-0.25, -0.2) is 0 Å². The standard InChI is InChI=1S/C42H33N/c43-41(32-17-6-2-7-18-32)30-34(28-27-31-15-4-1-5-16-31)33-19-14-22-36(29-33)42(35-20-8-3-9-21-35)39-25-12-10-23-37(39)38-24-11-13-26-40(38)42/h1-26,28-30H,27,43H2/b34-28+,41-30-. The summed E-state index contributed by atoms with van der Waals surface area (Å²) in [4.78, 5) is 0. The van der Waals surface area contributed by atoms with E-state index < -0.39 is 5.41 Å². The van der Waals surface area contributed by atoms with Gasteiger partial charge in [-0.05, 0) is 74.2 Å². The molecule has 0 atom stereocenters. The topological polar surface area (TPSA) is 26.0 Å². The van der Waals surface area contributed by atoms with E-state index in [9.17, 15) is 0 Å². The van der Waals surface area contributed by atoms with Crippen LogP contribution in [0.15, 0.2) is 176 Å². The molecule has 0 bridgehead atoms. The summed E-state index contributed by atoms with van der Waals surface area (Å²) in [5, 5.41) is 0. The summed E-state index contributed by atoms with van der Waals surface area (Å²) >= 11 is 0. The van der Waals surface area contributed by atoms with Gasteiger partial charge in [-0.1, -0.05) is 164 Å². The summed E-state index contributed by atoms with van der Waals surface area (Å²) in [5.41, 5.74) is 19.3. The molecule has 1 nitrogen and oxygen atoms in total. The number of fused-ring (bicyclic) bond motifs is 3. The minimum absolute atomic E-state index is 0.441. The first-order valence-electron chi connectivity index (χ1n) is 14.9. The summed E-state index contributed by atoms with van der Waals surface area (Å²) in [7, 11) is 0. The summed E-state index contributed by atoms with van der Waals surface area (Å²) in [6.07, 6.45) is 5.24. The Morgan fingerprint density at radius 3 is 1.67 bits per heavy atom. The van der Waals surface area contributed by atoms with Crippen molar-refractivity contribution in [3.8, 4) is 11.1 Å². The van der Waals surface area contributed by atoms with Gasteiger partial charge in [0.1, 0.15) is 0 Å². The van der Waals surface area contributed by atoms with Crippen molar-refractivity contribution >= 4 is 11.3 Å². The molecule has 6 aromatic carbocycles. The molecule has 0 heterocycles. The van der Waals surface area contributed by atoms with Crippen LogP contribution in [0, 0.1) is 0 Å². The molecule has 1 heteroatoms. The molecule has 2 N–H and O–H groups in total. The van der Waals surface area contributed by atoms with Crippen LogP contribution in [0.25, 0.3) is 22.4 Å². The summed E-state index contributed by atoms with van der Waals surface area (Å²) in [6.45, 7) is 0. The van der Waals surface area contributed by atoms with Crippen LogP contribution < -0.4 is 5.73 Å². The lowest BCUT2D eigenvalue weighted by Gasteiger charge is -2.34. The molecular formula is C42H33N. The molecule has 1 aliphatic carbocycles. The molecule has 6 aromatic rings. The predicted octanol–water partition coefficient (Wildman–Crippen LogP) is 9.68. The monoisotopic (exact) mass is 551 g/mol. The van der Waals surface area contributed by atoms with Crippen LogP contribution in [0.3, 0.4) is 0 Å². The zero-order valence-electron chi connectivity index (χ0n) is 24.0. The Bertz CT molecular complexity index is 1890. The molecule has 0 unspecified atom stereocenters. The number of nitrogens with two attached hydrogens (primary N) is 1. The maximum Gasteiger partial charge on any atom is 0.0713 e. The van der Waals surface area contributed by atoms with Gasteiger partial charge in [0.2, 0.25) is 0 Å². The maximum absolute atomic E-state index is 6.73. The van der Waals surface area contributed by atoms with Crippen molar-refractivity contribution in [3.63, 3.8) is 0 Å². The first-order valence-corrected chi connectivity index (χ1v) is 14.9. The van der Waals surface area contributed by atoms with Crippen LogP contribution >= 0.6 is 0 Å². The van der Waals surface area contributed by atoms with E-state index in [1.54, 1.807) is 0 Å². The van der Waals surface area contributed by atoms with Gasteiger partial charge in [-0.3, -0.25) is 0 Å². The summed E-state index contributed by atoms with van der Waals surface area (Å²) in [6, 6.07) is 58.6. The van der Waals surface area contributed by atoms with Crippen molar-refractivity contribution < 1.29 is 0 Å². The van der Waals surface area contributed by atoms with Crippen LogP contribution in [0.5, 0.6) is 0 Å². The molecule has 43 heavy (non-hydrogen) atoms. The fourth-order valence-corrected chi connectivity index (χ4v) is 6.63. The van der Waals surface area contributed by atoms with Gasteiger partial charge in [0.15, 0.2) is 0 Å². The van der Waals surface area contributed by atoms with Crippen LogP contribution in [0.2, 0.25) is 0 Å². The fraction of sp³-hybridized carbons (Fsp3) is 0.0476. The Morgan fingerprint density at radius 1 is 0.512 bits per heavy atom. The maximum atomic E-state index is 6.73. The Labute approximate surface area is 254 Å². The zero-order chi connectivity index (χ0) is 29.1. The van der Waals surface area contributed by atoms with E-state index in [4.69, 9.17) is 5.73 Å². The molecule has 0 fully saturated rings. The highest BCUT2D eigenvalue weighted by Crippen LogP contribution is 2.56. The molecular weight excluding hydrogens is 518 g/mol. The molecule has 1 aliphatic rings. The van der Waals surface area contributed by atoms with Gasteiger partial charge in [0.05, 0.1) is 5.41 Å². The lowest BCUT2D eigenvalue weighted by Crippen LogP contribution is -2.28. The molecule has 0 amide bonds. The van der Waals surface area contributed by atoms with Crippen molar-refractivity contribution in [3.05, 3.63) is 215 Å². The highest BCUT2D eigenvalue weighted by Gasteiger charge is 2.45. The SMILES string of the molecule is N/C(=C\C(=C/Cc1ccccc1)c1cccc(C2(c3ccccc3)c3ccccc3-c3ccccc32)c1)c1ccccc1. The Kier molecular flexibility index (Phi) is 7.07. The third-order valence-electron chi connectivity index (χ3n) is 8.61. The van der Waals surface area contributed by atoms with E-state index in [1.807, 2.05) is 18.2 Å². The average Bonchev–Trinajstić information content (AvgIpc) is 3.39. The average molecular weight is 552 g/mol. The highest BCUT2D eigenvalue weighted by atomic mass is 14.6. The Hall–Kier alpha value is -5.40. The van der Waals surface area contributed by atoms with E-state index >= 15 is 0 Å². The van der Waals surface area contributed by atoms with Gasteiger partial charge in [-0.2, -0.15) is 0 Å². The molecule has 0 radical (unpaired) electrons. The second kappa shape index (κ2) is 11.5. The molecule has 0 aliphatic heterocycles. The third-order valence-corrected chi connectivity index (χ3v) is 8.61. The lowest BCUT2D eigenvalue weighted by molar-refractivity contribution is 0.768. The number of benzene rings is 6. The van der Waals surface area contributed by atoms with E-state index in [0.29, 0.717) is 0 Å². The second-order valence-corrected chi connectivity index (χ2v) is 11.1. The minimum atomic E-state index is -0.441. The smallest absolute Gasteiger partial charge is 0.0713 e. The normalized spacial score (nSPS) is 13.8. The summed E-state index contributed by atoms with van der Waals surface area (Å²) in [5.74, 6) is 0. The Balaban J connectivity index is 1.44. The van der Waals surface area contributed by atoms with Gasteiger partial charge >= 0.3 is 0 Å². The molecule has 0 aromatic heterocycles. The number of hydrogen-bond acceptors (Lipinski definition) is 1. The van der Waals surface area contributed by atoms with Gasteiger partial charge < -0.3 is 5.73 Å². The van der Waals surface area contributed by atoms with Gasteiger partial charge in [-0.15, -0.1) is 0 Å². The quantitative estimate of drug-likeness (QED) is 0.196. The number of hydrogen-bond donors (Lipinski definition) is 1. The molecule has 7 rings (SSSR count). The minimum Gasteiger partial charge on any atom is -0.398 e. The number of rotatable bonds is 7. The van der Waals surface area contributed by atoms with Crippen molar-refractivity contribution in [2.24, 2.45) is 5.73 Å². The van der Waals surface area contributed by atoms with Crippen LogP contribution in [-0.2, 0) is 11.8 Å². The largest absolute Gasteiger partial charge is 0.398 e. The first kappa shape index (κ1) is 26.5. The zero-order valence-corrected chi connectivity index (χ0v) is 24.0. The van der Waals surface area contributed by atoms with Crippen LogP contribution in [0.4, 0.5) is 0 Å². The van der Waals surface area contributed by atoms with Crippen LogP contribution in [-0.4, -0.2) is 0 Å². The van der Waals surface area contributed by atoms with Crippen molar-refractivity contribution in [1.82, 2.24) is 0 Å².